The maximum atomic E-state index is 8.99. The zero-order valence-corrected chi connectivity index (χ0v) is 12.5. The van der Waals surface area contributed by atoms with Crippen molar-refractivity contribution in [2.45, 2.75) is 25.3 Å². The second-order valence-electron chi connectivity index (χ2n) is 4.33. The Morgan fingerprint density at radius 2 is 2.26 bits per heavy atom. The van der Waals surface area contributed by atoms with Crippen molar-refractivity contribution in [1.82, 2.24) is 9.55 Å². The molecule has 0 amide bonds. The summed E-state index contributed by atoms with van der Waals surface area (Å²) in [6.07, 6.45) is 4.41. The number of thioether (sulfide) groups is 1. The number of rotatable bonds is 6. The maximum Gasteiger partial charge on any atom is 0.124 e. The molecule has 5 heteroatoms. The number of fused-ring (bicyclic) bond motifs is 1. The van der Waals surface area contributed by atoms with Crippen LogP contribution < -0.4 is 0 Å². The topological polar surface area (TPSA) is 41.6 Å². The second kappa shape index (κ2) is 6.83. The summed E-state index contributed by atoms with van der Waals surface area (Å²) in [5, 5.41) is 8.99. The molecule has 0 fully saturated rings. The van der Waals surface area contributed by atoms with Gasteiger partial charge < -0.3 is 4.57 Å². The zero-order chi connectivity index (χ0) is 13.7. The quantitative estimate of drug-likeness (QED) is 0.601. The number of hydrogen-bond acceptors (Lipinski definition) is 3. The van der Waals surface area contributed by atoms with Crippen LogP contribution in [0.25, 0.3) is 11.0 Å². The van der Waals surface area contributed by atoms with Crippen molar-refractivity contribution in [2.24, 2.45) is 0 Å². The largest absolute Gasteiger partial charge is 0.327 e. The van der Waals surface area contributed by atoms with E-state index in [1.165, 1.54) is 12.2 Å². The fourth-order valence-corrected chi connectivity index (χ4v) is 2.81. The lowest BCUT2D eigenvalue weighted by Gasteiger charge is -2.07. The monoisotopic (exact) mass is 293 g/mol. The minimum atomic E-state index is 0.402. The summed E-state index contributed by atoms with van der Waals surface area (Å²) in [5.41, 5.74) is 2.59. The molecular formula is C14H16ClN3S. The molecule has 1 aromatic carbocycles. The van der Waals surface area contributed by atoms with Gasteiger partial charge in [-0.05, 0) is 43.0 Å². The van der Waals surface area contributed by atoms with Crippen molar-refractivity contribution < 1.29 is 0 Å². The minimum Gasteiger partial charge on any atom is -0.327 e. The van der Waals surface area contributed by atoms with Gasteiger partial charge in [0.15, 0.2) is 0 Å². The van der Waals surface area contributed by atoms with Gasteiger partial charge in [-0.25, -0.2) is 4.98 Å². The van der Waals surface area contributed by atoms with Crippen LogP contribution in [-0.4, -0.2) is 21.6 Å². The van der Waals surface area contributed by atoms with Gasteiger partial charge in [0.05, 0.1) is 28.5 Å². The number of hydrogen-bond donors (Lipinski definition) is 0. The van der Waals surface area contributed by atoms with Gasteiger partial charge in [-0.15, -0.1) is 11.6 Å². The Morgan fingerprint density at radius 3 is 2.95 bits per heavy atom. The molecule has 0 spiro atoms. The molecule has 3 nitrogen and oxygen atoms in total. The van der Waals surface area contributed by atoms with Crippen LogP contribution in [0.3, 0.4) is 0 Å². The van der Waals surface area contributed by atoms with Gasteiger partial charge in [-0.2, -0.15) is 17.0 Å². The van der Waals surface area contributed by atoms with Crippen molar-refractivity contribution in [2.75, 3.05) is 12.0 Å². The molecule has 0 aliphatic heterocycles. The van der Waals surface area contributed by atoms with Gasteiger partial charge in [-0.1, -0.05) is 0 Å². The normalized spacial score (nSPS) is 10.8. The number of benzene rings is 1. The molecule has 0 aliphatic carbocycles. The number of imidazole rings is 1. The summed E-state index contributed by atoms with van der Waals surface area (Å²) in [6.45, 7) is 0.911. The molecule has 0 unspecified atom stereocenters. The Labute approximate surface area is 122 Å². The van der Waals surface area contributed by atoms with E-state index in [9.17, 15) is 0 Å². The van der Waals surface area contributed by atoms with E-state index >= 15 is 0 Å². The molecule has 0 atom stereocenters. The van der Waals surface area contributed by atoms with E-state index < -0.39 is 0 Å². The molecule has 1 heterocycles. The predicted molar refractivity (Wildman–Crippen MR) is 81.6 cm³/mol. The van der Waals surface area contributed by atoms with Crippen LogP contribution in [0.1, 0.15) is 24.2 Å². The third kappa shape index (κ3) is 3.23. The molecule has 0 radical (unpaired) electrons. The van der Waals surface area contributed by atoms with E-state index in [-0.39, 0.29) is 0 Å². The number of aryl methyl sites for hydroxylation is 1. The predicted octanol–water partition coefficient (Wildman–Crippen LogP) is 3.79. The number of aromatic nitrogens is 2. The zero-order valence-electron chi connectivity index (χ0n) is 10.9. The molecule has 19 heavy (non-hydrogen) atoms. The fourth-order valence-electron chi connectivity index (χ4n) is 2.11. The maximum absolute atomic E-state index is 8.99. The van der Waals surface area contributed by atoms with E-state index in [0.717, 1.165) is 29.8 Å². The summed E-state index contributed by atoms with van der Waals surface area (Å²) in [6, 6.07) is 7.76. The lowest BCUT2D eigenvalue weighted by molar-refractivity contribution is 0.631. The average molecular weight is 294 g/mol. The van der Waals surface area contributed by atoms with Crippen LogP contribution in [0.2, 0.25) is 0 Å². The van der Waals surface area contributed by atoms with E-state index in [1.807, 2.05) is 23.9 Å². The highest BCUT2D eigenvalue weighted by Crippen LogP contribution is 2.20. The number of unbranched alkanes of at least 4 members (excludes halogenated alkanes) is 1. The Balaban J connectivity index is 2.30. The number of nitriles is 1. The summed E-state index contributed by atoms with van der Waals surface area (Å²) in [7, 11) is 0. The van der Waals surface area contributed by atoms with Crippen molar-refractivity contribution in [3.8, 4) is 6.07 Å². The summed E-state index contributed by atoms with van der Waals surface area (Å²) in [5.74, 6) is 2.46. The van der Waals surface area contributed by atoms with Crippen LogP contribution in [-0.2, 0) is 12.4 Å². The van der Waals surface area contributed by atoms with E-state index in [1.54, 1.807) is 6.07 Å². The van der Waals surface area contributed by atoms with Gasteiger partial charge in [0.25, 0.3) is 0 Å². The van der Waals surface area contributed by atoms with Crippen molar-refractivity contribution in [3.63, 3.8) is 0 Å². The lowest BCUT2D eigenvalue weighted by Crippen LogP contribution is -2.03. The second-order valence-corrected chi connectivity index (χ2v) is 5.58. The van der Waals surface area contributed by atoms with Gasteiger partial charge >= 0.3 is 0 Å². The molecule has 0 saturated heterocycles. The molecule has 2 rings (SSSR count). The highest BCUT2D eigenvalue weighted by Gasteiger charge is 2.10. The van der Waals surface area contributed by atoms with Crippen molar-refractivity contribution in [3.05, 3.63) is 29.6 Å². The minimum absolute atomic E-state index is 0.402. The molecule has 0 N–H and O–H groups in total. The van der Waals surface area contributed by atoms with Crippen molar-refractivity contribution in [1.29, 1.82) is 5.26 Å². The molecule has 1 aromatic heterocycles. The fraction of sp³-hybridized carbons (Fsp3) is 0.429. The average Bonchev–Trinajstić information content (AvgIpc) is 2.80. The third-order valence-electron chi connectivity index (χ3n) is 3.06. The van der Waals surface area contributed by atoms with E-state index in [2.05, 4.69) is 21.9 Å². The Kier molecular flexibility index (Phi) is 5.12. The molecule has 0 saturated carbocycles. The first-order valence-electron chi connectivity index (χ1n) is 6.24. The van der Waals surface area contributed by atoms with Gasteiger partial charge in [0, 0.05) is 6.54 Å². The molecule has 2 aromatic rings. The lowest BCUT2D eigenvalue weighted by atomic mass is 10.2. The van der Waals surface area contributed by atoms with Crippen LogP contribution in [0.5, 0.6) is 0 Å². The Bertz CT molecular complexity index is 600. The summed E-state index contributed by atoms with van der Waals surface area (Å²) in [4.78, 5) is 4.52. The van der Waals surface area contributed by atoms with Crippen LogP contribution in [0.15, 0.2) is 18.2 Å². The molecule has 0 bridgehead atoms. The first kappa shape index (κ1) is 14.2. The highest BCUT2D eigenvalue weighted by atomic mass is 35.5. The van der Waals surface area contributed by atoms with E-state index in [4.69, 9.17) is 16.9 Å². The Hall–Kier alpha value is -1.18. The van der Waals surface area contributed by atoms with Crippen LogP contribution in [0, 0.1) is 11.3 Å². The summed E-state index contributed by atoms with van der Waals surface area (Å²) < 4.78 is 2.14. The SMILES string of the molecule is CSCCCCn1c(CCl)nc2ccc(C#N)cc21. The molecular weight excluding hydrogens is 278 g/mol. The smallest absolute Gasteiger partial charge is 0.124 e. The van der Waals surface area contributed by atoms with Crippen LogP contribution >= 0.6 is 23.4 Å². The Morgan fingerprint density at radius 1 is 1.42 bits per heavy atom. The van der Waals surface area contributed by atoms with Gasteiger partial charge in [-0.3, -0.25) is 0 Å². The molecule has 100 valence electrons. The third-order valence-corrected chi connectivity index (χ3v) is 3.99. The summed E-state index contributed by atoms with van der Waals surface area (Å²) >= 11 is 7.83. The van der Waals surface area contributed by atoms with E-state index in [0.29, 0.717) is 11.4 Å². The van der Waals surface area contributed by atoms with Gasteiger partial charge in [0.2, 0.25) is 0 Å². The van der Waals surface area contributed by atoms with Crippen molar-refractivity contribution >= 4 is 34.4 Å². The number of alkyl halides is 1. The number of nitrogens with zero attached hydrogens (tertiary/aromatic N) is 3. The first-order chi connectivity index (χ1) is 9.30. The number of halogens is 1. The highest BCUT2D eigenvalue weighted by molar-refractivity contribution is 7.98. The van der Waals surface area contributed by atoms with Crippen LogP contribution in [0.4, 0.5) is 0 Å². The van der Waals surface area contributed by atoms with Gasteiger partial charge in [0.1, 0.15) is 5.82 Å². The first-order valence-corrected chi connectivity index (χ1v) is 8.17. The standard InChI is InChI=1S/C14H16ClN3S/c1-19-7-3-2-6-18-13-8-11(10-16)4-5-12(13)17-14(18)9-15/h4-5,8H,2-3,6-7,9H2,1H3. The molecule has 0 aliphatic rings.